The number of ether oxygens (including phenoxy) is 1. The fourth-order valence-corrected chi connectivity index (χ4v) is 2.95. The number of carbonyl (C=O) groups is 2. The lowest BCUT2D eigenvalue weighted by molar-refractivity contribution is -0.136. The summed E-state index contributed by atoms with van der Waals surface area (Å²) in [6, 6.07) is 0.223. The minimum Gasteiger partial charge on any atom is -0.466 e. The molecular formula is C15H21ClN2O3. The Hall–Kier alpha value is -1.33. The minimum absolute atomic E-state index is 0.00546. The average Bonchev–Trinajstić information content (AvgIpc) is 3.00. The van der Waals surface area contributed by atoms with Gasteiger partial charge in [-0.15, -0.1) is 11.6 Å². The maximum absolute atomic E-state index is 12.1. The number of nitrogens with one attached hydrogen (secondary N) is 1. The Morgan fingerprint density at radius 2 is 2.10 bits per heavy atom. The SMILES string of the molecule is COC(=O)C1=CC=C(CN(C(=O)CCl)C2CCNCC2)C1. The van der Waals surface area contributed by atoms with E-state index in [0.29, 0.717) is 18.5 Å². The van der Waals surface area contributed by atoms with Crippen LogP contribution in [0, 0.1) is 0 Å². The van der Waals surface area contributed by atoms with E-state index in [1.165, 1.54) is 7.11 Å². The molecule has 2 aliphatic rings. The molecule has 1 saturated heterocycles. The highest BCUT2D eigenvalue weighted by Gasteiger charge is 2.27. The molecule has 2 rings (SSSR count). The molecule has 1 fully saturated rings. The summed E-state index contributed by atoms with van der Waals surface area (Å²) in [6.07, 6.45) is 6.10. The van der Waals surface area contributed by atoms with Crippen molar-refractivity contribution in [3.63, 3.8) is 0 Å². The summed E-state index contributed by atoms with van der Waals surface area (Å²) < 4.78 is 4.72. The van der Waals surface area contributed by atoms with Gasteiger partial charge in [-0.25, -0.2) is 4.79 Å². The number of esters is 1. The van der Waals surface area contributed by atoms with E-state index in [0.717, 1.165) is 31.5 Å². The number of alkyl halides is 1. The number of methoxy groups -OCH3 is 1. The van der Waals surface area contributed by atoms with Crippen molar-refractivity contribution in [1.82, 2.24) is 10.2 Å². The Kier molecular flexibility index (Phi) is 5.82. The topological polar surface area (TPSA) is 58.6 Å². The molecule has 1 aliphatic heterocycles. The Bertz CT molecular complexity index is 468. The minimum atomic E-state index is -0.307. The van der Waals surface area contributed by atoms with Gasteiger partial charge in [0.25, 0.3) is 0 Å². The lowest BCUT2D eigenvalue weighted by atomic mass is 10.0. The van der Waals surface area contributed by atoms with Gasteiger partial charge in [0, 0.05) is 24.6 Å². The Balaban J connectivity index is 1.97. The first-order chi connectivity index (χ1) is 10.2. The molecule has 6 heteroatoms. The Labute approximate surface area is 130 Å². The standard InChI is InChI=1S/C15H21ClN2O3/c1-21-15(20)12-3-2-11(8-12)10-18(14(19)9-16)13-4-6-17-7-5-13/h2-3,13,17H,4-10H2,1H3. The summed E-state index contributed by atoms with van der Waals surface area (Å²) in [5.74, 6) is -0.358. The highest BCUT2D eigenvalue weighted by atomic mass is 35.5. The first kappa shape index (κ1) is 16.0. The maximum Gasteiger partial charge on any atom is 0.334 e. The summed E-state index contributed by atoms with van der Waals surface area (Å²) in [5.41, 5.74) is 1.68. The molecule has 0 aromatic carbocycles. The van der Waals surface area contributed by atoms with Crippen molar-refractivity contribution < 1.29 is 14.3 Å². The molecule has 0 bridgehead atoms. The molecule has 0 radical (unpaired) electrons. The molecular weight excluding hydrogens is 292 g/mol. The lowest BCUT2D eigenvalue weighted by Crippen LogP contribution is -2.47. The molecule has 0 unspecified atom stereocenters. The highest BCUT2D eigenvalue weighted by molar-refractivity contribution is 6.27. The molecule has 1 amide bonds. The van der Waals surface area contributed by atoms with E-state index in [9.17, 15) is 9.59 Å². The van der Waals surface area contributed by atoms with E-state index < -0.39 is 0 Å². The Morgan fingerprint density at radius 3 is 2.71 bits per heavy atom. The third kappa shape index (κ3) is 4.08. The van der Waals surface area contributed by atoms with E-state index in [-0.39, 0.29) is 23.8 Å². The molecule has 116 valence electrons. The van der Waals surface area contributed by atoms with E-state index >= 15 is 0 Å². The normalized spacial score (nSPS) is 19.0. The van der Waals surface area contributed by atoms with Crippen molar-refractivity contribution in [3.05, 3.63) is 23.3 Å². The van der Waals surface area contributed by atoms with Crippen LogP contribution in [0.15, 0.2) is 23.3 Å². The zero-order chi connectivity index (χ0) is 15.2. The van der Waals surface area contributed by atoms with Gasteiger partial charge in [-0.3, -0.25) is 4.79 Å². The number of hydrogen-bond acceptors (Lipinski definition) is 4. The van der Waals surface area contributed by atoms with Crippen molar-refractivity contribution in [2.75, 3.05) is 32.6 Å². The van der Waals surface area contributed by atoms with Gasteiger partial charge >= 0.3 is 5.97 Å². The number of piperidine rings is 1. The molecule has 0 saturated carbocycles. The summed E-state index contributed by atoms with van der Waals surface area (Å²) in [6.45, 7) is 2.37. The van der Waals surface area contributed by atoms with E-state index in [4.69, 9.17) is 16.3 Å². The first-order valence-electron chi connectivity index (χ1n) is 7.18. The third-order valence-corrected chi connectivity index (χ3v) is 4.17. The summed E-state index contributed by atoms with van der Waals surface area (Å²) in [5, 5.41) is 3.29. The van der Waals surface area contributed by atoms with Gasteiger partial charge < -0.3 is 15.0 Å². The third-order valence-electron chi connectivity index (χ3n) is 3.94. The largest absolute Gasteiger partial charge is 0.466 e. The predicted molar refractivity (Wildman–Crippen MR) is 81.1 cm³/mol. The molecule has 1 aliphatic carbocycles. The molecule has 0 spiro atoms. The van der Waals surface area contributed by atoms with Crippen molar-refractivity contribution in [2.24, 2.45) is 0 Å². The lowest BCUT2D eigenvalue weighted by Gasteiger charge is -2.34. The van der Waals surface area contributed by atoms with Gasteiger partial charge in [-0.05, 0) is 31.5 Å². The summed E-state index contributed by atoms with van der Waals surface area (Å²) in [7, 11) is 1.37. The van der Waals surface area contributed by atoms with Crippen LogP contribution in [0.3, 0.4) is 0 Å². The smallest absolute Gasteiger partial charge is 0.334 e. The molecule has 0 aromatic heterocycles. The van der Waals surface area contributed by atoms with Crippen LogP contribution < -0.4 is 5.32 Å². The highest BCUT2D eigenvalue weighted by Crippen LogP contribution is 2.23. The number of allylic oxidation sites excluding steroid dienone is 2. The molecule has 0 aromatic rings. The second kappa shape index (κ2) is 7.61. The van der Waals surface area contributed by atoms with E-state index in [1.54, 1.807) is 6.08 Å². The van der Waals surface area contributed by atoms with Crippen LogP contribution in [0.5, 0.6) is 0 Å². The number of nitrogens with zero attached hydrogens (tertiary/aromatic N) is 1. The average molecular weight is 313 g/mol. The van der Waals surface area contributed by atoms with Crippen molar-refractivity contribution in [3.8, 4) is 0 Å². The van der Waals surface area contributed by atoms with E-state index in [1.807, 2.05) is 11.0 Å². The number of rotatable bonds is 5. The molecule has 0 atom stereocenters. The number of amides is 1. The summed E-state index contributed by atoms with van der Waals surface area (Å²) in [4.78, 5) is 25.5. The van der Waals surface area contributed by atoms with Crippen molar-refractivity contribution in [1.29, 1.82) is 0 Å². The fourth-order valence-electron chi connectivity index (χ4n) is 2.80. The second-order valence-corrected chi connectivity index (χ2v) is 5.59. The van der Waals surface area contributed by atoms with Gasteiger partial charge in [0.05, 0.1) is 7.11 Å². The van der Waals surface area contributed by atoms with Crippen LogP contribution >= 0.6 is 11.6 Å². The van der Waals surface area contributed by atoms with Gasteiger partial charge in [-0.2, -0.15) is 0 Å². The van der Waals surface area contributed by atoms with Gasteiger partial charge in [0.2, 0.25) is 5.91 Å². The molecule has 1 heterocycles. The van der Waals surface area contributed by atoms with Gasteiger partial charge in [-0.1, -0.05) is 12.2 Å². The van der Waals surface area contributed by atoms with Gasteiger partial charge in [0.1, 0.15) is 5.88 Å². The van der Waals surface area contributed by atoms with Crippen molar-refractivity contribution in [2.45, 2.75) is 25.3 Å². The molecule has 5 nitrogen and oxygen atoms in total. The van der Waals surface area contributed by atoms with Crippen molar-refractivity contribution >= 4 is 23.5 Å². The molecule has 21 heavy (non-hydrogen) atoms. The molecule has 1 N–H and O–H groups in total. The number of halogens is 1. The quantitative estimate of drug-likeness (QED) is 0.613. The zero-order valence-corrected chi connectivity index (χ0v) is 13.0. The van der Waals surface area contributed by atoms with Crippen LogP contribution in [-0.2, 0) is 14.3 Å². The summed E-state index contributed by atoms with van der Waals surface area (Å²) >= 11 is 5.74. The monoisotopic (exact) mass is 312 g/mol. The van der Waals surface area contributed by atoms with Crippen LogP contribution in [0.1, 0.15) is 19.3 Å². The first-order valence-corrected chi connectivity index (χ1v) is 7.72. The van der Waals surface area contributed by atoms with Crippen LogP contribution in [0.4, 0.5) is 0 Å². The zero-order valence-electron chi connectivity index (χ0n) is 12.2. The van der Waals surface area contributed by atoms with Crippen LogP contribution in [-0.4, -0.2) is 55.4 Å². The van der Waals surface area contributed by atoms with Crippen LogP contribution in [0.2, 0.25) is 0 Å². The number of carbonyl (C=O) groups excluding carboxylic acids is 2. The Morgan fingerprint density at radius 1 is 1.38 bits per heavy atom. The fraction of sp³-hybridized carbons (Fsp3) is 0.600. The second-order valence-electron chi connectivity index (χ2n) is 5.32. The maximum atomic E-state index is 12.1. The number of hydrogen-bond donors (Lipinski definition) is 1. The van der Waals surface area contributed by atoms with Gasteiger partial charge in [0.15, 0.2) is 0 Å². The van der Waals surface area contributed by atoms with Crippen LogP contribution in [0.25, 0.3) is 0 Å². The van der Waals surface area contributed by atoms with E-state index in [2.05, 4.69) is 5.32 Å². The predicted octanol–water partition coefficient (Wildman–Crippen LogP) is 1.24.